The normalized spacial score (nSPS) is 14.7. The average Bonchev–Trinajstić information content (AvgIpc) is 2.90. The number of para-hydroxylation sites is 1. The second-order valence-corrected chi connectivity index (χ2v) is 6.86. The molecule has 5 heteroatoms. The van der Waals surface area contributed by atoms with Crippen LogP contribution in [0.4, 0.5) is 5.69 Å². The maximum atomic E-state index is 13.2. The van der Waals surface area contributed by atoms with Gasteiger partial charge in [0.15, 0.2) is 0 Å². The van der Waals surface area contributed by atoms with Crippen molar-refractivity contribution in [1.82, 2.24) is 5.32 Å². The van der Waals surface area contributed by atoms with Crippen molar-refractivity contribution in [2.45, 2.75) is 38.6 Å². The minimum absolute atomic E-state index is 0.0268. The monoisotopic (exact) mass is 366 g/mol. The summed E-state index contributed by atoms with van der Waals surface area (Å²) in [6.45, 7) is 2.19. The first kappa shape index (κ1) is 19.0. The summed E-state index contributed by atoms with van der Waals surface area (Å²) in [6, 6.07) is 15.2. The Morgan fingerprint density at radius 3 is 2.56 bits per heavy atom. The van der Waals surface area contributed by atoms with Crippen molar-refractivity contribution >= 4 is 17.5 Å². The van der Waals surface area contributed by atoms with Crippen molar-refractivity contribution in [3.8, 4) is 5.75 Å². The molecule has 1 N–H and O–H groups in total. The van der Waals surface area contributed by atoms with Crippen LogP contribution < -0.4 is 15.0 Å². The van der Waals surface area contributed by atoms with Gasteiger partial charge in [-0.05, 0) is 48.6 Å². The van der Waals surface area contributed by atoms with E-state index in [0.29, 0.717) is 6.54 Å². The zero-order valence-electron chi connectivity index (χ0n) is 15.9. The van der Waals surface area contributed by atoms with Gasteiger partial charge in [-0.15, -0.1) is 0 Å². The molecular formula is C22H26N2O3. The maximum Gasteiger partial charge on any atom is 0.229 e. The Bertz CT molecular complexity index is 801. The quantitative estimate of drug-likeness (QED) is 0.879. The lowest BCUT2D eigenvalue weighted by molar-refractivity contribution is -0.121. The van der Waals surface area contributed by atoms with E-state index >= 15 is 0 Å². The van der Waals surface area contributed by atoms with E-state index in [1.54, 1.807) is 7.11 Å². The van der Waals surface area contributed by atoms with Crippen LogP contribution >= 0.6 is 0 Å². The van der Waals surface area contributed by atoms with Gasteiger partial charge in [-0.3, -0.25) is 9.59 Å². The first-order valence-corrected chi connectivity index (χ1v) is 9.38. The fourth-order valence-electron chi connectivity index (χ4n) is 3.57. The number of rotatable bonds is 5. The number of carbonyl (C=O) groups is 2. The number of carbonyl (C=O) groups excluding carboxylic acids is 2. The summed E-state index contributed by atoms with van der Waals surface area (Å²) in [5.74, 6) is 0.617. The zero-order valence-corrected chi connectivity index (χ0v) is 15.9. The highest BCUT2D eigenvalue weighted by molar-refractivity contribution is 5.95. The third-order valence-electron chi connectivity index (χ3n) is 4.94. The SMILES string of the molecule is COc1ccc([C@H](CC(=O)N2CCCCc3ccccc32)NC(C)=O)cc1. The van der Waals surface area contributed by atoms with Gasteiger partial charge >= 0.3 is 0 Å². The number of anilines is 1. The Morgan fingerprint density at radius 1 is 1.11 bits per heavy atom. The number of methoxy groups -OCH3 is 1. The number of amides is 2. The van der Waals surface area contributed by atoms with Crippen LogP contribution in [0.1, 0.15) is 43.4 Å². The van der Waals surface area contributed by atoms with Crippen LogP contribution in [0.15, 0.2) is 48.5 Å². The lowest BCUT2D eigenvalue weighted by Crippen LogP contribution is -2.36. The fourth-order valence-corrected chi connectivity index (χ4v) is 3.57. The van der Waals surface area contributed by atoms with E-state index in [1.807, 2.05) is 47.4 Å². The molecule has 1 heterocycles. The van der Waals surface area contributed by atoms with Crippen LogP contribution in [-0.2, 0) is 16.0 Å². The molecule has 0 fully saturated rings. The zero-order chi connectivity index (χ0) is 19.2. The summed E-state index contributed by atoms with van der Waals surface area (Å²) < 4.78 is 5.20. The van der Waals surface area contributed by atoms with Gasteiger partial charge < -0.3 is 15.0 Å². The Kier molecular flexibility index (Phi) is 6.12. The molecule has 3 rings (SSSR count). The van der Waals surface area contributed by atoms with Crippen molar-refractivity contribution in [2.75, 3.05) is 18.6 Å². The Morgan fingerprint density at radius 2 is 1.85 bits per heavy atom. The Hall–Kier alpha value is -2.82. The Balaban J connectivity index is 1.82. The summed E-state index contributed by atoms with van der Waals surface area (Å²) in [6.07, 6.45) is 3.27. The molecule has 5 nitrogen and oxygen atoms in total. The summed E-state index contributed by atoms with van der Waals surface area (Å²) in [4.78, 5) is 26.7. The smallest absolute Gasteiger partial charge is 0.229 e. The molecule has 1 aliphatic rings. The molecule has 27 heavy (non-hydrogen) atoms. The van der Waals surface area contributed by atoms with Crippen molar-refractivity contribution in [1.29, 1.82) is 0 Å². The molecule has 2 aromatic carbocycles. The number of hydrogen-bond donors (Lipinski definition) is 1. The molecule has 0 aromatic heterocycles. The molecule has 0 saturated heterocycles. The summed E-state index contributed by atoms with van der Waals surface area (Å²) in [5, 5.41) is 2.92. The van der Waals surface area contributed by atoms with Gasteiger partial charge in [-0.2, -0.15) is 0 Å². The van der Waals surface area contributed by atoms with Gasteiger partial charge in [0, 0.05) is 19.2 Å². The largest absolute Gasteiger partial charge is 0.497 e. The number of hydrogen-bond acceptors (Lipinski definition) is 3. The molecule has 142 valence electrons. The first-order valence-electron chi connectivity index (χ1n) is 9.38. The lowest BCUT2D eigenvalue weighted by atomic mass is 10.0. The van der Waals surface area contributed by atoms with Crippen LogP contribution in [0.3, 0.4) is 0 Å². The molecule has 1 atom stereocenters. The number of ether oxygens (including phenoxy) is 1. The van der Waals surface area contributed by atoms with Crippen LogP contribution in [0.2, 0.25) is 0 Å². The molecule has 0 bridgehead atoms. The molecule has 1 aliphatic heterocycles. The van der Waals surface area contributed by atoms with E-state index in [2.05, 4.69) is 11.4 Å². The van der Waals surface area contributed by atoms with E-state index in [0.717, 1.165) is 36.3 Å². The van der Waals surface area contributed by atoms with E-state index in [1.165, 1.54) is 12.5 Å². The van der Waals surface area contributed by atoms with Gasteiger partial charge in [-0.25, -0.2) is 0 Å². The lowest BCUT2D eigenvalue weighted by Gasteiger charge is -2.26. The number of benzene rings is 2. The number of aryl methyl sites for hydroxylation is 1. The van der Waals surface area contributed by atoms with Gasteiger partial charge in [-0.1, -0.05) is 30.3 Å². The molecule has 0 saturated carbocycles. The van der Waals surface area contributed by atoms with Crippen LogP contribution in [0.25, 0.3) is 0 Å². The van der Waals surface area contributed by atoms with Crippen molar-refractivity contribution < 1.29 is 14.3 Å². The van der Waals surface area contributed by atoms with Gasteiger partial charge in [0.2, 0.25) is 11.8 Å². The minimum atomic E-state index is -0.365. The average molecular weight is 366 g/mol. The van der Waals surface area contributed by atoms with Gasteiger partial charge in [0.1, 0.15) is 5.75 Å². The van der Waals surface area contributed by atoms with Gasteiger partial charge in [0.05, 0.1) is 19.6 Å². The van der Waals surface area contributed by atoms with E-state index in [-0.39, 0.29) is 24.3 Å². The molecule has 2 aromatic rings. The summed E-state index contributed by atoms with van der Waals surface area (Å²) in [5.41, 5.74) is 3.10. The molecule has 0 unspecified atom stereocenters. The Labute approximate surface area is 160 Å². The highest BCUT2D eigenvalue weighted by Crippen LogP contribution is 2.28. The van der Waals surface area contributed by atoms with Gasteiger partial charge in [0.25, 0.3) is 0 Å². The van der Waals surface area contributed by atoms with Crippen molar-refractivity contribution in [3.05, 3.63) is 59.7 Å². The number of nitrogens with one attached hydrogen (secondary N) is 1. The van der Waals surface area contributed by atoms with Crippen LogP contribution in [0, 0.1) is 0 Å². The van der Waals surface area contributed by atoms with E-state index in [9.17, 15) is 9.59 Å². The third kappa shape index (κ3) is 4.67. The van der Waals surface area contributed by atoms with Crippen molar-refractivity contribution in [3.63, 3.8) is 0 Å². The van der Waals surface area contributed by atoms with E-state index in [4.69, 9.17) is 4.74 Å². The summed E-state index contributed by atoms with van der Waals surface area (Å²) in [7, 11) is 1.61. The van der Waals surface area contributed by atoms with Crippen molar-refractivity contribution in [2.24, 2.45) is 0 Å². The van der Waals surface area contributed by atoms with Crippen LogP contribution in [-0.4, -0.2) is 25.5 Å². The predicted octanol–water partition coefficient (Wildman–Crippen LogP) is 3.63. The molecule has 0 aliphatic carbocycles. The molecular weight excluding hydrogens is 340 g/mol. The number of nitrogens with zero attached hydrogens (tertiary/aromatic N) is 1. The second kappa shape index (κ2) is 8.71. The predicted molar refractivity (Wildman–Crippen MR) is 106 cm³/mol. The summed E-state index contributed by atoms with van der Waals surface area (Å²) >= 11 is 0. The molecule has 0 radical (unpaired) electrons. The highest BCUT2D eigenvalue weighted by atomic mass is 16.5. The second-order valence-electron chi connectivity index (χ2n) is 6.86. The topological polar surface area (TPSA) is 58.6 Å². The molecule has 0 spiro atoms. The number of fused-ring (bicyclic) bond motifs is 1. The minimum Gasteiger partial charge on any atom is -0.497 e. The third-order valence-corrected chi connectivity index (χ3v) is 4.94. The fraction of sp³-hybridized carbons (Fsp3) is 0.364. The van der Waals surface area contributed by atoms with Crippen LogP contribution in [0.5, 0.6) is 5.75 Å². The van der Waals surface area contributed by atoms with E-state index < -0.39 is 0 Å². The first-order chi connectivity index (χ1) is 13.1. The maximum absolute atomic E-state index is 13.2. The highest BCUT2D eigenvalue weighted by Gasteiger charge is 2.25. The standard InChI is InChI=1S/C22H26N2O3/c1-16(25)23-20(17-10-12-19(27-2)13-11-17)15-22(26)24-14-6-5-8-18-7-3-4-9-21(18)24/h3-4,7,9-13,20H,5-6,8,14-15H2,1-2H3,(H,23,25)/t20-/m0/s1. The molecule has 2 amide bonds.